The summed E-state index contributed by atoms with van der Waals surface area (Å²) in [5, 5.41) is 16.6. The van der Waals surface area contributed by atoms with Crippen LogP contribution in [0.1, 0.15) is 31.7 Å². The average molecular weight is 211 g/mol. The maximum atomic E-state index is 10.4. The number of aromatic nitrogens is 3. The van der Waals surface area contributed by atoms with Crippen molar-refractivity contribution in [2.45, 2.75) is 40.2 Å². The van der Waals surface area contributed by atoms with E-state index in [0.29, 0.717) is 12.3 Å². The van der Waals surface area contributed by atoms with E-state index in [1.807, 2.05) is 11.6 Å². The molecule has 0 radical (unpaired) electrons. The molecule has 0 saturated carbocycles. The highest BCUT2D eigenvalue weighted by Crippen LogP contribution is 2.08. The van der Waals surface area contributed by atoms with Gasteiger partial charge < -0.3 is 5.11 Å². The van der Waals surface area contributed by atoms with Crippen LogP contribution >= 0.6 is 0 Å². The highest BCUT2D eigenvalue weighted by Gasteiger charge is 2.10. The minimum Gasteiger partial charge on any atom is -0.481 e. The molecule has 0 fully saturated rings. The summed E-state index contributed by atoms with van der Waals surface area (Å²) in [6, 6.07) is 0. The number of rotatable bonds is 5. The topological polar surface area (TPSA) is 68.0 Å². The second-order valence-electron chi connectivity index (χ2n) is 4.09. The third-order valence-corrected chi connectivity index (χ3v) is 2.19. The molecule has 5 nitrogen and oxygen atoms in total. The van der Waals surface area contributed by atoms with Crippen molar-refractivity contribution >= 4 is 5.97 Å². The number of aliphatic carboxylic acids is 1. The van der Waals surface area contributed by atoms with Gasteiger partial charge in [-0.2, -0.15) is 0 Å². The third-order valence-electron chi connectivity index (χ3n) is 2.19. The van der Waals surface area contributed by atoms with Crippen LogP contribution in [0.4, 0.5) is 0 Å². The predicted molar refractivity (Wildman–Crippen MR) is 55.6 cm³/mol. The summed E-state index contributed by atoms with van der Waals surface area (Å²) in [6.45, 7) is 6.97. The largest absolute Gasteiger partial charge is 0.481 e. The van der Waals surface area contributed by atoms with E-state index in [2.05, 4.69) is 24.2 Å². The molecule has 1 N–H and O–H groups in total. The number of carboxylic acids is 1. The molecule has 0 aliphatic heterocycles. The summed E-state index contributed by atoms with van der Waals surface area (Å²) in [5.41, 5.74) is 1.77. The molecule has 0 aliphatic carbocycles. The smallest absolute Gasteiger partial charge is 0.303 e. The number of hydrogen-bond acceptors (Lipinski definition) is 3. The second kappa shape index (κ2) is 4.91. The van der Waals surface area contributed by atoms with Crippen LogP contribution in [0.2, 0.25) is 0 Å². The molecule has 1 rings (SSSR count). The molecule has 0 bridgehead atoms. The average Bonchev–Trinajstić information content (AvgIpc) is 2.44. The minimum absolute atomic E-state index is 0.112. The molecule has 5 heteroatoms. The van der Waals surface area contributed by atoms with Crippen molar-refractivity contribution in [2.75, 3.05) is 0 Å². The fourth-order valence-corrected chi connectivity index (χ4v) is 1.37. The van der Waals surface area contributed by atoms with E-state index in [-0.39, 0.29) is 6.42 Å². The van der Waals surface area contributed by atoms with E-state index in [1.165, 1.54) is 0 Å². The lowest BCUT2D eigenvalue weighted by molar-refractivity contribution is -0.136. The fraction of sp³-hybridized carbons (Fsp3) is 0.700. The molecule has 0 spiro atoms. The third kappa shape index (κ3) is 3.34. The Balaban J connectivity index is 2.66. The highest BCUT2D eigenvalue weighted by atomic mass is 16.4. The first kappa shape index (κ1) is 11.7. The summed E-state index contributed by atoms with van der Waals surface area (Å²) >= 11 is 0. The minimum atomic E-state index is -0.798. The number of carbonyl (C=O) groups is 1. The van der Waals surface area contributed by atoms with Gasteiger partial charge in [0.05, 0.1) is 17.8 Å². The van der Waals surface area contributed by atoms with E-state index >= 15 is 0 Å². The van der Waals surface area contributed by atoms with Gasteiger partial charge in [0.1, 0.15) is 0 Å². The molecule has 0 unspecified atom stereocenters. The summed E-state index contributed by atoms with van der Waals surface area (Å²) in [6.07, 6.45) is 0.570. The van der Waals surface area contributed by atoms with Crippen LogP contribution in [0.25, 0.3) is 0 Å². The first-order valence-electron chi connectivity index (χ1n) is 5.11. The molecule has 0 saturated heterocycles. The SMILES string of the molecule is Cc1c(CCC(=O)O)nnn1CC(C)C. The summed E-state index contributed by atoms with van der Waals surface area (Å²) in [4.78, 5) is 10.4. The number of nitrogens with zero attached hydrogens (tertiary/aromatic N) is 3. The highest BCUT2D eigenvalue weighted by molar-refractivity contribution is 5.66. The zero-order chi connectivity index (χ0) is 11.4. The molecule has 84 valence electrons. The van der Waals surface area contributed by atoms with E-state index in [4.69, 9.17) is 5.11 Å². The van der Waals surface area contributed by atoms with Crippen molar-refractivity contribution in [1.82, 2.24) is 15.0 Å². The van der Waals surface area contributed by atoms with Gasteiger partial charge in [0.2, 0.25) is 0 Å². The van der Waals surface area contributed by atoms with Crippen LogP contribution in [0.5, 0.6) is 0 Å². The normalized spacial score (nSPS) is 10.9. The van der Waals surface area contributed by atoms with Gasteiger partial charge in [-0.3, -0.25) is 4.79 Å². The molecular weight excluding hydrogens is 194 g/mol. The molecule has 1 heterocycles. The fourth-order valence-electron chi connectivity index (χ4n) is 1.37. The predicted octanol–water partition coefficient (Wildman–Crippen LogP) is 1.26. The van der Waals surface area contributed by atoms with Crippen LogP contribution in [0.15, 0.2) is 0 Å². The Morgan fingerprint density at radius 1 is 1.53 bits per heavy atom. The van der Waals surface area contributed by atoms with Gasteiger partial charge in [-0.1, -0.05) is 19.1 Å². The van der Waals surface area contributed by atoms with E-state index < -0.39 is 5.97 Å². The van der Waals surface area contributed by atoms with Crippen LogP contribution in [-0.4, -0.2) is 26.1 Å². The Morgan fingerprint density at radius 3 is 2.73 bits per heavy atom. The van der Waals surface area contributed by atoms with Gasteiger partial charge in [-0.05, 0) is 12.8 Å². The van der Waals surface area contributed by atoms with E-state index in [9.17, 15) is 4.79 Å². The van der Waals surface area contributed by atoms with Crippen molar-refractivity contribution in [3.8, 4) is 0 Å². The molecular formula is C10H17N3O2. The maximum Gasteiger partial charge on any atom is 0.303 e. The van der Waals surface area contributed by atoms with Crippen LogP contribution < -0.4 is 0 Å². The summed E-state index contributed by atoms with van der Waals surface area (Å²) < 4.78 is 1.84. The van der Waals surface area contributed by atoms with Crippen molar-refractivity contribution in [1.29, 1.82) is 0 Å². The van der Waals surface area contributed by atoms with Crippen molar-refractivity contribution < 1.29 is 9.90 Å². The van der Waals surface area contributed by atoms with Crippen LogP contribution in [-0.2, 0) is 17.8 Å². The molecule has 0 atom stereocenters. The Bertz CT molecular complexity index is 344. The number of aryl methyl sites for hydroxylation is 1. The first-order valence-corrected chi connectivity index (χ1v) is 5.11. The molecule has 1 aromatic rings. The molecule has 15 heavy (non-hydrogen) atoms. The van der Waals surface area contributed by atoms with E-state index in [0.717, 1.165) is 17.9 Å². The summed E-state index contributed by atoms with van der Waals surface area (Å²) in [5.74, 6) is -0.287. The van der Waals surface area contributed by atoms with Crippen molar-refractivity contribution in [3.05, 3.63) is 11.4 Å². The van der Waals surface area contributed by atoms with Gasteiger partial charge >= 0.3 is 5.97 Å². The first-order chi connectivity index (χ1) is 7.00. The molecule has 0 aliphatic rings. The van der Waals surface area contributed by atoms with Crippen molar-refractivity contribution in [2.24, 2.45) is 5.92 Å². The zero-order valence-electron chi connectivity index (χ0n) is 9.40. The Labute approximate surface area is 89.1 Å². The zero-order valence-corrected chi connectivity index (χ0v) is 9.40. The van der Waals surface area contributed by atoms with Gasteiger partial charge in [-0.25, -0.2) is 4.68 Å². The quantitative estimate of drug-likeness (QED) is 0.796. The number of carboxylic acid groups (broad SMARTS) is 1. The second-order valence-corrected chi connectivity index (χ2v) is 4.09. The van der Waals surface area contributed by atoms with Gasteiger partial charge in [0, 0.05) is 13.0 Å². The lowest BCUT2D eigenvalue weighted by Gasteiger charge is -2.05. The van der Waals surface area contributed by atoms with Crippen LogP contribution in [0, 0.1) is 12.8 Å². The van der Waals surface area contributed by atoms with Gasteiger partial charge in [-0.15, -0.1) is 5.10 Å². The molecule has 1 aromatic heterocycles. The molecule has 0 aromatic carbocycles. The lowest BCUT2D eigenvalue weighted by atomic mass is 10.2. The van der Waals surface area contributed by atoms with Crippen molar-refractivity contribution in [3.63, 3.8) is 0 Å². The Morgan fingerprint density at radius 2 is 2.20 bits per heavy atom. The maximum absolute atomic E-state index is 10.4. The van der Waals surface area contributed by atoms with Gasteiger partial charge in [0.15, 0.2) is 0 Å². The standard InChI is InChI=1S/C10H17N3O2/c1-7(2)6-13-8(3)9(11-12-13)4-5-10(14)15/h7H,4-6H2,1-3H3,(H,14,15). The van der Waals surface area contributed by atoms with Crippen LogP contribution in [0.3, 0.4) is 0 Å². The number of hydrogen-bond donors (Lipinski definition) is 1. The monoisotopic (exact) mass is 211 g/mol. The lowest BCUT2D eigenvalue weighted by Crippen LogP contribution is -2.08. The Kier molecular flexibility index (Phi) is 3.82. The summed E-state index contributed by atoms with van der Waals surface area (Å²) in [7, 11) is 0. The van der Waals surface area contributed by atoms with Gasteiger partial charge in [0.25, 0.3) is 0 Å². The molecule has 0 amide bonds. The van der Waals surface area contributed by atoms with E-state index in [1.54, 1.807) is 0 Å². The Hall–Kier alpha value is -1.39.